The number of hydrogen-bond donors (Lipinski definition) is 0. The summed E-state index contributed by atoms with van der Waals surface area (Å²) in [6.45, 7) is 3.42. The Morgan fingerprint density at radius 1 is 1.00 bits per heavy atom. The van der Waals surface area contributed by atoms with Gasteiger partial charge >= 0.3 is 0 Å². The van der Waals surface area contributed by atoms with Crippen LogP contribution in [0.2, 0.25) is 0 Å². The summed E-state index contributed by atoms with van der Waals surface area (Å²) < 4.78 is 9.52. The van der Waals surface area contributed by atoms with Crippen LogP contribution in [0.1, 0.15) is 26.2 Å². The van der Waals surface area contributed by atoms with Crippen LogP contribution in [0.4, 0.5) is 0 Å². The fraction of sp³-hybridized carbons (Fsp3) is 0.318. The summed E-state index contributed by atoms with van der Waals surface area (Å²) in [7, 11) is 0. The second-order valence-corrected chi connectivity index (χ2v) is 7.87. The molecule has 0 atom stereocenters. The lowest BCUT2D eigenvalue weighted by Crippen LogP contribution is -2.23. The fourth-order valence-corrected chi connectivity index (χ4v) is 4.13. The minimum absolute atomic E-state index is 0.00163. The molecule has 2 heterocycles. The van der Waals surface area contributed by atoms with E-state index in [0.29, 0.717) is 24.3 Å². The Kier molecular flexibility index (Phi) is 6.14. The van der Waals surface area contributed by atoms with Crippen LogP contribution in [0.15, 0.2) is 64.5 Å². The topological polar surface area (TPSA) is 61.4 Å². The van der Waals surface area contributed by atoms with E-state index >= 15 is 0 Å². The van der Waals surface area contributed by atoms with Crippen LogP contribution < -0.4 is 10.3 Å². The van der Waals surface area contributed by atoms with Crippen LogP contribution in [0, 0.1) is 0 Å². The van der Waals surface area contributed by atoms with Crippen molar-refractivity contribution in [3.63, 3.8) is 0 Å². The minimum atomic E-state index is 0.00163. The summed E-state index contributed by atoms with van der Waals surface area (Å²) in [5, 5.41) is 10.2. The molecule has 0 bridgehead atoms. The summed E-state index contributed by atoms with van der Waals surface area (Å²) in [4.78, 5) is 13.0. The lowest BCUT2D eigenvalue weighted by Gasteiger charge is -2.11. The van der Waals surface area contributed by atoms with Crippen molar-refractivity contribution in [3.8, 4) is 5.75 Å². The van der Waals surface area contributed by atoms with E-state index in [-0.39, 0.29) is 5.56 Å². The summed E-state index contributed by atoms with van der Waals surface area (Å²) in [5.41, 5.74) is 0.857. The highest BCUT2D eigenvalue weighted by Gasteiger charge is 2.16. The van der Waals surface area contributed by atoms with E-state index in [1.165, 1.54) is 0 Å². The number of aryl methyl sites for hydroxylation is 1. The van der Waals surface area contributed by atoms with E-state index in [1.54, 1.807) is 16.3 Å². The third-order valence-electron chi connectivity index (χ3n) is 4.75. The molecule has 2 aromatic carbocycles. The number of aromatic nitrogens is 4. The van der Waals surface area contributed by atoms with Gasteiger partial charge in [-0.2, -0.15) is 0 Å². The molecule has 0 fully saturated rings. The molecule has 0 radical (unpaired) electrons. The third kappa shape index (κ3) is 4.15. The summed E-state index contributed by atoms with van der Waals surface area (Å²) >= 11 is 1.64. The maximum Gasteiger partial charge on any atom is 0.262 e. The molecule has 4 rings (SSSR count). The van der Waals surface area contributed by atoms with Gasteiger partial charge in [-0.05, 0) is 37.1 Å². The Morgan fingerprint density at radius 2 is 1.79 bits per heavy atom. The van der Waals surface area contributed by atoms with Gasteiger partial charge in [0.15, 0.2) is 5.16 Å². The molecule has 0 saturated heterocycles. The molecule has 0 N–H and O–H groups in total. The lowest BCUT2D eigenvalue weighted by atomic mass is 10.2. The van der Waals surface area contributed by atoms with Gasteiger partial charge in [-0.3, -0.25) is 13.8 Å². The molecular weight excluding hydrogens is 384 g/mol. The van der Waals surface area contributed by atoms with Crippen LogP contribution in [0.25, 0.3) is 16.7 Å². The quantitative estimate of drug-likeness (QED) is 0.303. The molecule has 0 aliphatic rings. The standard InChI is InChI=1S/C22H24N4O2S/c1-2-3-14-25-20(27)18-12-7-8-13-19(18)26-21(25)23-24-22(26)29-16-9-15-28-17-10-5-4-6-11-17/h4-8,10-13H,2-3,9,14-16H2,1H3. The van der Waals surface area contributed by atoms with Gasteiger partial charge in [0.2, 0.25) is 5.78 Å². The largest absolute Gasteiger partial charge is 0.494 e. The molecule has 0 saturated carbocycles. The number of fused-ring (bicyclic) bond motifs is 3. The minimum Gasteiger partial charge on any atom is -0.494 e. The van der Waals surface area contributed by atoms with Gasteiger partial charge < -0.3 is 4.74 Å². The van der Waals surface area contributed by atoms with E-state index < -0.39 is 0 Å². The molecular formula is C22H24N4O2S. The maximum atomic E-state index is 13.0. The molecule has 0 amide bonds. The molecule has 29 heavy (non-hydrogen) atoms. The number of thioether (sulfide) groups is 1. The number of unbranched alkanes of at least 4 members (excludes halogenated alkanes) is 1. The Labute approximate surface area is 173 Å². The number of nitrogens with zero attached hydrogens (tertiary/aromatic N) is 4. The van der Waals surface area contributed by atoms with Crippen LogP contribution in [-0.2, 0) is 6.54 Å². The van der Waals surface area contributed by atoms with Crippen LogP contribution >= 0.6 is 11.8 Å². The number of para-hydroxylation sites is 2. The molecule has 0 spiro atoms. The van der Waals surface area contributed by atoms with Gasteiger partial charge in [-0.1, -0.05) is 55.4 Å². The van der Waals surface area contributed by atoms with Gasteiger partial charge in [-0.25, -0.2) is 0 Å². The van der Waals surface area contributed by atoms with E-state index in [1.807, 2.05) is 59.0 Å². The Bertz CT molecular complexity index is 1150. The third-order valence-corrected chi connectivity index (χ3v) is 5.76. The zero-order chi connectivity index (χ0) is 20.1. The van der Waals surface area contributed by atoms with Crippen molar-refractivity contribution in [2.24, 2.45) is 0 Å². The monoisotopic (exact) mass is 408 g/mol. The van der Waals surface area contributed by atoms with Crippen molar-refractivity contribution in [1.82, 2.24) is 19.2 Å². The highest BCUT2D eigenvalue weighted by Crippen LogP contribution is 2.22. The fourth-order valence-electron chi connectivity index (χ4n) is 3.27. The smallest absolute Gasteiger partial charge is 0.262 e. The second kappa shape index (κ2) is 9.13. The molecule has 0 aliphatic carbocycles. The summed E-state index contributed by atoms with van der Waals surface area (Å²) in [6.07, 6.45) is 2.84. The highest BCUT2D eigenvalue weighted by molar-refractivity contribution is 7.99. The molecule has 2 aromatic heterocycles. The molecule has 150 valence electrons. The first-order valence-corrected chi connectivity index (χ1v) is 11.0. The van der Waals surface area contributed by atoms with Crippen molar-refractivity contribution >= 4 is 28.4 Å². The van der Waals surface area contributed by atoms with Gasteiger partial charge in [0.1, 0.15) is 5.75 Å². The first-order chi connectivity index (χ1) is 14.3. The lowest BCUT2D eigenvalue weighted by molar-refractivity contribution is 0.318. The maximum absolute atomic E-state index is 13.0. The van der Waals surface area contributed by atoms with Gasteiger partial charge in [-0.15, -0.1) is 10.2 Å². The van der Waals surface area contributed by atoms with Crippen LogP contribution in [0.5, 0.6) is 5.75 Å². The van der Waals surface area contributed by atoms with Crippen molar-refractivity contribution in [3.05, 3.63) is 65.0 Å². The predicted octanol–water partition coefficient (Wildman–Crippen LogP) is 4.41. The van der Waals surface area contributed by atoms with Crippen molar-refractivity contribution in [2.75, 3.05) is 12.4 Å². The van der Waals surface area contributed by atoms with Crippen LogP contribution in [0.3, 0.4) is 0 Å². The van der Waals surface area contributed by atoms with E-state index in [2.05, 4.69) is 17.1 Å². The summed E-state index contributed by atoms with van der Waals surface area (Å²) in [6, 6.07) is 17.5. The van der Waals surface area contributed by atoms with Gasteiger partial charge in [0.05, 0.1) is 17.5 Å². The van der Waals surface area contributed by atoms with Crippen LogP contribution in [-0.4, -0.2) is 31.5 Å². The average molecular weight is 409 g/mol. The molecule has 0 aliphatic heterocycles. The van der Waals surface area contributed by atoms with Gasteiger partial charge in [0, 0.05) is 12.3 Å². The predicted molar refractivity (Wildman–Crippen MR) is 117 cm³/mol. The van der Waals surface area contributed by atoms with Gasteiger partial charge in [0.25, 0.3) is 5.56 Å². The van der Waals surface area contributed by atoms with Crippen molar-refractivity contribution < 1.29 is 4.74 Å². The number of ether oxygens (including phenoxy) is 1. The number of rotatable bonds is 9. The molecule has 0 unspecified atom stereocenters. The SMILES string of the molecule is CCCCn1c(=O)c2ccccc2n2c(SCCCOc3ccccc3)nnc12. The van der Waals surface area contributed by atoms with E-state index in [9.17, 15) is 4.79 Å². The zero-order valence-electron chi connectivity index (χ0n) is 16.5. The van der Waals surface area contributed by atoms with Crippen molar-refractivity contribution in [1.29, 1.82) is 0 Å². The second-order valence-electron chi connectivity index (χ2n) is 6.81. The Morgan fingerprint density at radius 3 is 2.62 bits per heavy atom. The Hall–Kier alpha value is -2.80. The highest BCUT2D eigenvalue weighted by atomic mass is 32.2. The van der Waals surface area contributed by atoms with E-state index in [0.717, 1.165) is 41.4 Å². The molecule has 4 aromatic rings. The average Bonchev–Trinajstić information content (AvgIpc) is 3.18. The summed E-state index contributed by atoms with van der Waals surface area (Å²) in [5.74, 6) is 2.36. The molecule has 7 heteroatoms. The Balaban J connectivity index is 1.55. The zero-order valence-corrected chi connectivity index (χ0v) is 17.3. The number of hydrogen-bond acceptors (Lipinski definition) is 5. The normalized spacial score (nSPS) is 11.3. The van der Waals surface area contributed by atoms with Crippen molar-refractivity contribution in [2.45, 2.75) is 37.9 Å². The van der Waals surface area contributed by atoms with E-state index in [4.69, 9.17) is 4.74 Å². The number of benzene rings is 2. The first-order valence-electron chi connectivity index (χ1n) is 9.97. The molecule has 6 nitrogen and oxygen atoms in total. The first kappa shape index (κ1) is 19.5.